The van der Waals surface area contributed by atoms with Gasteiger partial charge in [-0.3, -0.25) is 4.79 Å². The first-order chi connectivity index (χ1) is 14.2. The number of amidine groups is 1. The number of carbonyl (C=O) groups excluding carboxylic acids is 1. The second-order valence-corrected chi connectivity index (χ2v) is 6.63. The Kier molecular flexibility index (Phi) is 5.60. The smallest absolute Gasteiger partial charge is 0.283 e. The minimum atomic E-state index is -2.19. The maximum absolute atomic E-state index is 14.9. The van der Waals surface area contributed by atoms with Crippen LogP contribution in [-0.4, -0.2) is 35.9 Å². The molecule has 7 nitrogen and oxygen atoms in total. The van der Waals surface area contributed by atoms with E-state index >= 15 is 0 Å². The number of nitrogens with zero attached hydrogens (tertiary/aromatic N) is 3. The van der Waals surface area contributed by atoms with Gasteiger partial charge in [0.15, 0.2) is 23.9 Å². The molecular weight excluding hydrogens is 406 g/mol. The minimum absolute atomic E-state index is 0.0966. The molecule has 0 aliphatic carbocycles. The van der Waals surface area contributed by atoms with Gasteiger partial charge in [0.25, 0.3) is 11.9 Å². The first kappa shape index (κ1) is 21.0. The third-order valence-corrected chi connectivity index (χ3v) is 4.59. The molecule has 0 bridgehead atoms. The molecule has 0 fully saturated rings. The molecule has 0 spiro atoms. The van der Waals surface area contributed by atoms with Crippen LogP contribution in [0, 0.1) is 23.0 Å². The Labute approximate surface area is 168 Å². The Morgan fingerprint density at radius 3 is 2.73 bits per heavy atom. The lowest BCUT2D eigenvalue weighted by Gasteiger charge is -2.37. The number of pyridine rings is 1. The highest BCUT2D eigenvalue weighted by atomic mass is 19.2. The molecule has 3 rings (SSSR count). The number of ether oxygens (including phenoxy) is 1. The van der Waals surface area contributed by atoms with Crippen molar-refractivity contribution in [1.82, 2.24) is 4.98 Å². The van der Waals surface area contributed by atoms with Crippen LogP contribution in [0.3, 0.4) is 0 Å². The van der Waals surface area contributed by atoms with Crippen LogP contribution in [0.1, 0.15) is 28.5 Å². The SMILES string of the molecule is C[C@]1(c2cc(NC(=O)c3ccc(C#N)cn3)cc(F)c2F)N=C(N)O[C@H](CF)[C@@H]1F. The van der Waals surface area contributed by atoms with E-state index in [0.29, 0.717) is 6.07 Å². The second kappa shape index (κ2) is 7.98. The van der Waals surface area contributed by atoms with Crippen LogP contribution >= 0.6 is 0 Å². The standard InChI is InChI=1S/C19H15F4N5O2/c1-19(16(23)14(6-20)30-18(25)28-19)11-4-10(5-12(21)15(11)22)27-17(29)13-3-2-9(7-24)8-26-13/h2-5,8,14,16H,6H2,1H3,(H2,25,28)(H,27,29)/t14-,16+,19-/m1/s1. The van der Waals surface area contributed by atoms with Crippen molar-refractivity contribution in [2.24, 2.45) is 10.7 Å². The summed E-state index contributed by atoms with van der Waals surface area (Å²) in [6.45, 7) is -0.154. The van der Waals surface area contributed by atoms with Gasteiger partial charge in [-0.05, 0) is 25.1 Å². The Bertz CT molecular complexity index is 1050. The molecule has 0 radical (unpaired) electrons. The van der Waals surface area contributed by atoms with Gasteiger partial charge in [-0.15, -0.1) is 0 Å². The molecule has 2 aromatic rings. The van der Waals surface area contributed by atoms with E-state index in [9.17, 15) is 22.4 Å². The van der Waals surface area contributed by atoms with Gasteiger partial charge in [-0.25, -0.2) is 27.5 Å². The Hall–Kier alpha value is -3.68. The number of halogens is 4. The average Bonchev–Trinajstić information content (AvgIpc) is 2.73. The summed E-state index contributed by atoms with van der Waals surface area (Å²) in [5.41, 5.74) is 2.69. The number of hydrogen-bond acceptors (Lipinski definition) is 6. The lowest BCUT2D eigenvalue weighted by molar-refractivity contribution is 0.00435. The summed E-state index contributed by atoms with van der Waals surface area (Å²) in [5, 5.41) is 11.1. The fourth-order valence-corrected chi connectivity index (χ4v) is 3.03. The first-order valence-corrected chi connectivity index (χ1v) is 8.58. The van der Waals surface area contributed by atoms with Gasteiger partial charge in [0.2, 0.25) is 0 Å². The highest BCUT2D eigenvalue weighted by Crippen LogP contribution is 2.40. The summed E-state index contributed by atoms with van der Waals surface area (Å²) in [4.78, 5) is 19.9. The number of aliphatic imine (C=N–C) groups is 1. The number of amides is 1. The number of nitrogens with one attached hydrogen (secondary N) is 1. The molecule has 156 valence electrons. The Balaban J connectivity index is 1.99. The van der Waals surface area contributed by atoms with Crippen LogP contribution in [0.2, 0.25) is 0 Å². The zero-order valence-corrected chi connectivity index (χ0v) is 15.5. The molecule has 1 amide bonds. The molecule has 1 aromatic heterocycles. The molecular formula is C19H15F4N5O2. The summed E-state index contributed by atoms with van der Waals surface area (Å²) >= 11 is 0. The Morgan fingerprint density at radius 1 is 1.40 bits per heavy atom. The number of nitriles is 1. The van der Waals surface area contributed by atoms with Crippen LogP contribution in [0.4, 0.5) is 23.2 Å². The normalized spacial score (nSPS) is 23.1. The zero-order valence-electron chi connectivity index (χ0n) is 15.5. The van der Waals surface area contributed by atoms with E-state index in [1.54, 1.807) is 0 Å². The number of aromatic nitrogens is 1. The molecule has 1 aliphatic rings. The van der Waals surface area contributed by atoms with Gasteiger partial charge < -0.3 is 15.8 Å². The number of anilines is 1. The number of hydrogen-bond donors (Lipinski definition) is 2. The molecule has 30 heavy (non-hydrogen) atoms. The quantitative estimate of drug-likeness (QED) is 0.737. The minimum Gasteiger partial charge on any atom is -0.456 e. The summed E-state index contributed by atoms with van der Waals surface area (Å²) in [7, 11) is 0. The van der Waals surface area contributed by atoms with E-state index in [4.69, 9.17) is 15.7 Å². The van der Waals surface area contributed by atoms with Crippen LogP contribution in [0.25, 0.3) is 0 Å². The van der Waals surface area contributed by atoms with E-state index in [1.165, 1.54) is 12.1 Å². The molecule has 0 unspecified atom stereocenters. The third kappa shape index (κ3) is 3.76. The predicted octanol–water partition coefficient (Wildman–Crippen LogP) is 2.72. The fourth-order valence-electron chi connectivity index (χ4n) is 3.03. The van der Waals surface area contributed by atoms with Crippen LogP contribution < -0.4 is 11.1 Å². The largest absolute Gasteiger partial charge is 0.456 e. The zero-order chi connectivity index (χ0) is 22.1. The van der Waals surface area contributed by atoms with Crippen molar-refractivity contribution in [2.75, 3.05) is 12.0 Å². The summed E-state index contributed by atoms with van der Waals surface area (Å²) in [5.74, 6) is -3.60. The first-order valence-electron chi connectivity index (χ1n) is 8.58. The highest BCUT2D eigenvalue weighted by molar-refractivity contribution is 6.02. The van der Waals surface area contributed by atoms with Gasteiger partial charge in [0, 0.05) is 23.5 Å². The van der Waals surface area contributed by atoms with E-state index in [-0.39, 0.29) is 16.9 Å². The second-order valence-electron chi connectivity index (χ2n) is 6.63. The van der Waals surface area contributed by atoms with Gasteiger partial charge in [-0.1, -0.05) is 0 Å². The van der Waals surface area contributed by atoms with Crippen molar-refractivity contribution in [3.8, 4) is 6.07 Å². The van der Waals surface area contributed by atoms with Crippen molar-refractivity contribution in [2.45, 2.75) is 24.7 Å². The summed E-state index contributed by atoms with van der Waals surface area (Å²) in [6.07, 6.45) is -2.68. The number of carbonyl (C=O) groups is 1. The molecule has 0 saturated carbocycles. The molecule has 11 heteroatoms. The van der Waals surface area contributed by atoms with Crippen molar-refractivity contribution in [3.63, 3.8) is 0 Å². The summed E-state index contributed by atoms with van der Waals surface area (Å²) < 4.78 is 61.5. The molecule has 3 atom stereocenters. The van der Waals surface area contributed by atoms with Crippen molar-refractivity contribution >= 4 is 17.6 Å². The van der Waals surface area contributed by atoms with Crippen LogP contribution in [-0.2, 0) is 10.3 Å². The average molecular weight is 421 g/mol. The molecule has 2 heterocycles. The summed E-state index contributed by atoms with van der Waals surface area (Å²) in [6, 6.07) is 5.55. The van der Waals surface area contributed by atoms with Gasteiger partial charge >= 0.3 is 0 Å². The Morgan fingerprint density at radius 2 is 2.13 bits per heavy atom. The monoisotopic (exact) mass is 421 g/mol. The number of benzene rings is 1. The van der Waals surface area contributed by atoms with Gasteiger partial charge in [0.05, 0.1) is 5.56 Å². The lowest BCUT2D eigenvalue weighted by Crippen LogP contribution is -2.50. The predicted molar refractivity (Wildman–Crippen MR) is 98.0 cm³/mol. The van der Waals surface area contributed by atoms with Gasteiger partial charge in [-0.2, -0.15) is 5.26 Å². The third-order valence-electron chi connectivity index (χ3n) is 4.59. The maximum Gasteiger partial charge on any atom is 0.283 e. The molecule has 1 aromatic carbocycles. The van der Waals surface area contributed by atoms with Crippen LogP contribution in [0.15, 0.2) is 35.5 Å². The van der Waals surface area contributed by atoms with E-state index < -0.39 is 53.6 Å². The van der Waals surface area contributed by atoms with E-state index in [2.05, 4.69) is 15.3 Å². The lowest BCUT2D eigenvalue weighted by atomic mass is 9.84. The fraction of sp³-hybridized carbons (Fsp3) is 0.263. The maximum atomic E-state index is 14.9. The van der Waals surface area contributed by atoms with Crippen molar-refractivity contribution in [3.05, 3.63) is 58.9 Å². The van der Waals surface area contributed by atoms with Gasteiger partial charge in [0.1, 0.15) is 24.0 Å². The van der Waals surface area contributed by atoms with E-state index in [0.717, 1.165) is 19.2 Å². The number of alkyl halides is 2. The van der Waals surface area contributed by atoms with E-state index in [1.807, 2.05) is 6.07 Å². The van der Waals surface area contributed by atoms with Crippen molar-refractivity contribution in [1.29, 1.82) is 5.26 Å². The molecule has 1 aliphatic heterocycles. The number of rotatable bonds is 4. The topological polar surface area (TPSA) is 113 Å². The highest BCUT2D eigenvalue weighted by Gasteiger charge is 2.48. The van der Waals surface area contributed by atoms with Crippen molar-refractivity contribution < 1.29 is 27.1 Å². The molecule has 0 saturated heterocycles. The molecule has 3 N–H and O–H groups in total. The van der Waals surface area contributed by atoms with Crippen LogP contribution in [0.5, 0.6) is 0 Å². The number of nitrogens with two attached hydrogens (primary N) is 1.